The van der Waals surface area contributed by atoms with Gasteiger partial charge in [-0.05, 0) is 39.8 Å². The zero-order valence-electron chi connectivity index (χ0n) is 12.4. The van der Waals surface area contributed by atoms with Crippen LogP contribution in [0.4, 0.5) is 10.1 Å². The first kappa shape index (κ1) is 16.1. The standard InChI is InChI=1S/C15H21FN2O2/c1-5-18(6-2)14(20)15(3,4)13(19)17-12-10-8-7-9-11(12)16/h7-10H,5-6H2,1-4H3,(H,17,19). The third-order valence-electron chi connectivity index (χ3n) is 3.28. The lowest BCUT2D eigenvalue weighted by Gasteiger charge is -2.29. The number of benzene rings is 1. The van der Waals surface area contributed by atoms with Crippen molar-refractivity contribution in [3.05, 3.63) is 30.1 Å². The Kier molecular flexibility index (Phi) is 5.25. The van der Waals surface area contributed by atoms with Crippen molar-refractivity contribution in [2.75, 3.05) is 18.4 Å². The topological polar surface area (TPSA) is 49.4 Å². The normalized spacial score (nSPS) is 11.1. The molecule has 20 heavy (non-hydrogen) atoms. The predicted molar refractivity (Wildman–Crippen MR) is 76.7 cm³/mol. The van der Waals surface area contributed by atoms with Crippen molar-refractivity contribution in [2.24, 2.45) is 5.41 Å². The van der Waals surface area contributed by atoms with E-state index in [-0.39, 0.29) is 11.6 Å². The lowest BCUT2D eigenvalue weighted by Crippen LogP contribution is -2.47. The van der Waals surface area contributed by atoms with Crippen LogP contribution in [0.15, 0.2) is 24.3 Å². The Bertz CT molecular complexity index is 496. The van der Waals surface area contributed by atoms with Crippen LogP contribution in [0.5, 0.6) is 0 Å². The van der Waals surface area contributed by atoms with Crippen LogP contribution in [0, 0.1) is 11.2 Å². The van der Waals surface area contributed by atoms with Crippen LogP contribution in [0.25, 0.3) is 0 Å². The summed E-state index contributed by atoms with van der Waals surface area (Å²) in [6.45, 7) is 7.86. The fourth-order valence-electron chi connectivity index (χ4n) is 1.84. The summed E-state index contributed by atoms with van der Waals surface area (Å²) in [4.78, 5) is 26.1. The maximum Gasteiger partial charge on any atom is 0.239 e. The van der Waals surface area contributed by atoms with Gasteiger partial charge in [0, 0.05) is 13.1 Å². The van der Waals surface area contributed by atoms with Crippen molar-refractivity contribution < 1.29 is 14.0 Å². The molecule has 1 N–H and O–H groups in total. The highest BCUT2D eigenvalue weighted by Gasteiger charge is 2.38. The number of hydrogen-bond acceptors (Lipinski definition) is 2. The van der Waals surface area contributed by atoms with Crippen molar-refractivity contribution >= 4 is 17.5 Å². The molecule has 0 fully saturated rings. The Morgan fingerprint density at radius 2 is 1.75 bits per heavy atom. The SMILES string of the molecule is CCN(CC)C(=O)C(C)(C)C(=O)Nc1ccccc1F. The first-order valence-electron chi connectivity index (χ1n) is 6.69. The molecule has 0 aliphatic carbocycles. The number of carbonyl (C=O) groups is 2. The van der Waals surface area contributed by atoms with Gasteiger partial charge in [-0.3, -0.25) is 9.59 Å². The number of amides is 2. The maximum absolute atomic E-state index is 13.5. The van der Waals surface area contributed by atoms with Crippen LogP contribution in [0.3, 0.4) is 0 Å². The van der Waals surface area contributed by atoms with Gasteiger partial charge in [0.15, 0.2) is 0 Å². The predicted octanol–water partition coefficient (Wildman–Crippen LogP) is 2.66. The number of nitrogens with one attached hydrogen (secondary N) is 1. The summed E-state index contributed by atoms with van der Waals surface area (Å²) < 4.78 is 13.5. The van der Waals surface area contributed by atoms with Crippen LogP contribution in [-0.2, 0) is 9.59 Å². The molecule has 110 valence electrons. The van der Waals surface area contributed by atoms with E-state index in [2.05, 4.69) is 5.32 Å². The molecule has 0 bridgehead atoms. The Morgan fingerprint density at radius 1 is 1.20 bits per heavy atom. The summed E-state index contributed by atoms with van der Waals surface area (Å²) >= 11 is 0. The van der Waals surface area contributed by atoms with E-state index >= 15 is 0 Å². The minimum absolute atomic E-state index is 0.0814. The first-order valence-corrected chi connectivity index (χ1v) is 6.69. The summed E-state index contributed by atoms with van der Waals surface area (Å²) in [7, 11) is 0. The van der Waals surface area contributed by atoms with Crippen molar-refractivity contribution in [1.29, 1.82) is 0 Å². The second-order valence-electron chi connectivity index (χ2n) is 5.04. The summed E-state index contributed by atoms with van der Waals surface area (Å²) in [5.74, 6) is -1.30. The van der Waals surface area contributed by atoms with Gasteiger partial charge in [-0.1, -0.05) is 12.1 Å². The van der Waals surface area contributed by atoms with Gasteiger partial charge >= 0.3 is 0 Å². The third kappa shape index (κ3) is 3.35. The summed E-state index contributed by atoms with van der Waals surface area (Å²) in [5.41, 5.74) is -1.16. The number of nitrogens with zero attached hydrogens (tertiary/aromatic N) is 1. The molecule has 0 saturated heterocycles. The van der Waals surface area contributed by atoms with Crippen LogP contribution >= 0.6 is 0 Å². The Morgan fingerprint density at radius 3 is 2.25 bits per heavy atom. The Hall–Kier alpha value is -1.91. The molecule has 0 unspecified atom stereocenters. The van der Waals surface area contributed by atoms with Crippen molar-refractivity contribution in [1.82, 2.24) is 4.90 Å². The zero-order valence-corrected chi connectivity index (χ0v) is 12.4. The zero-order chi connectivity index (χ0) is 15.3. The highest BCUT2D eigenvalue weighted by molar-refractivity contribution is 6.09. The second kappa shape index (κ2) is 6.50. The first-order chi connectivity index (χ1) is 9.34. The minimum Gasteiger partial charge on any atom is -0.342 e. The van der Waals surface area contributed by atoms with Gasteiger partial charge in [-0.25, -0.2) is 4.39 Å². The number of rotatable bonds is 5. The summed E-state index contributed by atoms with van der Waals surface area (Å²) in [6.07, 6.45) is 0. The van der Waals surface area contributed by atoms with Gasteiger partial charge in [-0.2, -0.15) is 0 Å². The molecule has 0 aliphatic heterocycles. The molecule has 0 radical (unpaired) electrons. The number of carbonyl (C=O) groups excluding carboxylic acids is 2. The minimum atomic E-state index is -1.24. The van der Waals surface area contributed by atoms with Crippen LogP contribution in [-0.4, -0.2) is 29.8 Å². The smallest absolute Gasteiger partial charge is 0.239 e. The van der Waals surface area contributed by atoms with Gasteiger partial charge in [0.05, 0.1) is 5.69 Å². The van der Waals surface area contributed by atoms with Crippen molar-refractivity contribution in [2.45, 2.75) is 27.7 Å². The van der Waals surface area contributed by atoms with E-state index in [1.54, 1.807) is 24.8 Å². The fraction of sp³-hybridized carbons (Fsp3) is 0.467. The van der Waals surface area contributed by atoms with E-state index in [1.807, 2.05) is 13.8 Å². The molecule has 4 nitrogen and oxygen atoms in total. The molecule has 0 spiro atoms. The average Bonchev–Trinajstić information content (AvgIpc) is 2.42. The Labute approximate surface area is 119 Å². The molecule has 2 amide bonds. The van der Waals surface area contributed by atoms with Gasteiger partial charge in [0.1, 0.15) is 11.2 Å². The largest absolute Gasteiger partial charge is 0.342 e. The highest BCUT2D eigenvalue weighted by atomic mass is 19.1. The van der Waals surface area contributed by atoms with Crippen molar-refractivity contribution in [3.63, 3.8) is 0 Å². The van der Waals surface area contributed by atoms with E-state index in [9.17, 15) is 14.0 Å². The van der Waals surface area contributed by atoms with Gasteiger partial charge in [0.2, 0.25) is 11.8 Å². The molecule has 5 heteroatoms. The summed E-state index contributed by atoms with van der Waals surface area (Å²) in [6, 6.07) is 5.88. The molecular formula is C15H21FN2O2. The molecule has 0 heterocycles. The van der Waals surface area contributed by atoms with Gasteiger partial charge in [-0.15, -0.1) is 0 Å². The number of para-hydroxylation sites is 1. The number of anilines is 1. The molecule has 0 aliphatic rings. The van der Waals surface area contributed by atoms with Crippen molar-refractivity contribution in [3.8, 4) is 0 Å². The Balaban J connectivity index is 2.90. The van der Waals surface area contributed by atoms with Crippen LogP contribution < -0.4 is 5.32 Å². The monoisotopic (exact) mass is 280 g/mol. The van der Waals surface area contributed by atoms with E-state index in [4.69, 9.17) is 0 Å². The number of hydrogen-bond donors (Lipinski definition) is 1. The number of halogens is 1. The fourth-order valence-corrected chi connectivity index (χ4v) is 1.84. The van der Waals surface area contributed by atoms with E-state index < -0.39 is 17.1 Å². The van der Waals surface area contributed by atoms with Gasteiger partial charge < -0.3 is 10.2 Å². The lowest BCUT2D eigenvalue weighted by atomic mass is 9.90. The van der Waals surface area contributed by atoms with Gasteiger partial charge in [0.25, 0.3) is 0 Å². The van der Waals surface area contributed by atoms with E-state index in [0.717, 1.165) is 0 Å². The highest BCUT2D eigenvalue weighted by Crippen LogP contribution is 2.23. The molecule has 1 aromatic rings. The summed E-state index contributed by atoms with van der Waals surface area (Å²) in [5, 5.41) is 2.47. The quantitative estimate of drug-likeness (QED) is 0.843. The maximum atomic E-state index is 13.5. The molecule has 0 saturated carbocycles. The van der Waals surface area contributed by atoms with Crippen LogP contribution in [0.2, 0.25) is 0 Å². The molecule has 1 aromatic carbocycles. The molecular weight excluding hydrogens is 259 g/mol. The van der Waals surface area contributed by atoms with Crippen LogP contribution in [0.1, 0.15) is 27.7 Å². The molecule has 1 rings (SSSR count). The average molecular weight is 280 g/mol. The lowest BCUT2D eigenvalue weighted by molar-refractivity contribution is -0.146. The van der Waals surface area contributed by atoms with E-state index in [0.29, 0.717) is 13.1 Å². The second-order valence-corrected chi connectivity index (χ2v) is 5.04. The molecule has 0 atom stereocenters. The third-order valence-corrected chi connectivity index (χ3v) is 3.28. The molecule has 0 aromatic heterocycles. The van der Waals surface area contributed by atoms with E-state index in [1.165, 1.54) is 18.2 Å².